The van der Waals surface area contributed by atoms with Crippen LogP contribution in [0.25, 0.3) is 0 Å². The summed E-state index contributed by atoms with van der Waals surface area (Å²) in [7, 11) is 1.70. The Labute approximate surface area is 86.9 Å². The van der Waals surface area contributed by atoms with Crippen LogP contribution in [0.1, 0.15) is 40.5 Å². The minimum atomic E-state index is -0.00685. The molecule has 0 bridgehead atoms. The number of nitrogens with zero attached hydrogens (tertiary/aromatic N) is 1. The van der Waals surface area contributed by atoms with Gasteiger partial charge in [0.1, 0.15) is 0 Å². The number of nitrogens with one attached hydrogen (secondary N) is 1. The van der Waals surface area contributed by atoms with E-state index in [0.29, 0.717) is 0 Å². The molecule has 3 nitrogen and oxygen atoms in total. The average molecular weight is 198 g/mol. The second-order valence-electron chi connectivity index (χ2n) is 5.33. The Morgan fingerprint density at radius 3 is 2.43 bits per heavy atom. The Balaban J connectivity index is 2.92. The fourth-order valence-corrected chi connectivity index (χ4v) is 2.20. The van der Waals surface area contributed by atoms with E-state index in [1.54, 1.807) is 7.05 Å². The second-order valence-corrected chi connectivity index (χ2v) is 5.33. The van der Waals surface area contributed by atoms with Gasteiger partial charge in [0.2, 0.25) is 0 Å². The van der Waals surface area contributed by atoms with E-state index in [4.69, 9.17) is 0 Å². The van der Waals surface area contributed by atoms with Crippen molar-refractivity contribution in [3.05, 3.63) is 0 Å². The highest BCUT2D eigenvalue weighted by Gasteiger charge is 2.47. The number of hydrogen-bond acceptors (Lipinski definition) is 1. The van der Waals surface area contributed by atoms with Crippen molar-refractivity contribution >= 4 is 6.03 Å². The summed E-state index contributed by atoms with van der Waals surface area (Å²) in [6, 6.07) is 0.0555. The molecule has 1 unspecified atom stereocenters. The number of carbonyl (C=O) groups excluding carboxylic acids is 1. The first kappa shape index (κ1) is 11.3. The third-order valence-corrected chi connectivity index (χ3v) is 3.72. The zero-order chi connectivity index (χ0) is 11.0. The second kappa shape index (κ2) is 3.44. The zero-order valence-corrected chi connectivity index (χ0v) is 9.98. The standard InChI is InChI=1S/C11H22N2O/c1-10(2,3)11(4)7-6-8-13(11)9(14)12-5/h6-8H2,1-5H3,(H,12,14). The Bertz CT molecular complexity index is 232. The molecule has 0 aromatic heterocycles. The van der Waals surface area contributed by atoms with Crippen LogP contribution >= 0.6 is 0 Å². The monoisotopic (exact) mass is 198 g/mol. The van der Waals surface area contributed by atoms with Gasteiger partial charge in [-0.25, -0.2) is 4.79 Å². The Morgan fingerprint density at radius 1 is 1.43 bits per heavy atom. The molecule has 1 fully saturated rings. The predicted molar refractivity (Wildman–Crippen MR) is 58.3 cm³/mol. The van der Waals surface area contributed by atoms with E-state index in [1.807, 2.05) is 4.90 Å². The maximum Gasteiger partial charge on any atom is 0.317 e. The number of carbonyl (C=O) groups is 1. The third kappa shape index (κ3) is 1.60. The van der Waals surface area contributed by atoms with Crippen molar-refractivity contribution < 1.29 is 4.79 Å². The van der Waals surface area contributed by atoms with Crippen molar-refractivity contribution in [1.82, 2.24) is 10.2 Å². The Hall–Kier alpha value is -0.730. The third-order valence-electron chi connectivity index (χ3n) is 3.72. The Kier molecular flexibility index (Phi) is 2.79. The topological polar surface area (TPSA) is 32.3 Å². The van der Waals surface area contributed by atoms with Gasteiger partial charge in [-0.15, -0.1) is 0 Å². The molecule has 1 rings (SSSR count). The molecule has 1 atom stereocenters. The van der Waals surface area contributed by atoms with E-state index >= 15 is 0 Å². The molecule has 1 aliphatic heterocycles. The molecular formula is C11H22N2O. The summed E-state index contributed by atoms with van der Waals surface area (Å²) in [6.07, 6.45) is 2.21. The van der Waals surface area contributed by atoms with Crippen LogP contribution in [0, 0.1) is 5.41 Å². The van der Waals surface area contributed by atoms with Crippen LogP contribution in [0.15, 0.2) is 0 Å². The zero-order valence-electron chi connectivity index (χ0n) is 9.98. The largest absolute Gasteiger partial charge is 0.341 e. The molecule has 0 aromatic carbocycles. The summed E-state index contributed by atoms with van der Waals surface area (Å²) in [5.74, 6) is 0. The van der Waals surface area contributed by atoms with Crippen molar-refractivity contribution in [2.75, 3.05) is 13.6 Å². The van der Waals surface area contributed by atoms with Gasteiger partial charge in [-0.3, -0.25) is 0 Å². The number of rotatable bonds is 0. The lowest BCUT2D eigenvalue weighted by molar-refractivity contribution is 0.0687. The molecule has 0 radical (unpaired) electrons. The van der Waals surface area contributed by atoms with E-state index in [-0.39, 0.29) is 17.0 Å². The van der Waals surface area contributed by atoms with Crippen molar-refractivity contribution in [1.29, 1.82) is 0 Å². The van der Waals surface area contributed by atoms with Crippen molar-refractivity contribution in [2.45, 2.75) is 46.1 Å². The number of likely N-dealkylation sites (tertiary alicyclic amines) is 1. The van der Waals surface area contributed by atoms with Gasteiger partial charge >= 0.3 is 6.03 Å². The highest BCUT2D eigenvalue weighted by Crippen LogP contribution is 2.43. The van der Waals surface area contributed by atoms with Crippen molar-refractivity contribution in [2.24, 2.45) is 5.41 Å². The molecule has 82 valence electrons. The van der Waals surface area contributed by atoms with Crippen LogP contribution in [0.3, 0.4) is 0 Å². The maximum absolute atomic E-state index is 11.7. The van der Waals surface area contributed by atoms with Crippen LogP contribution < -0.4 is 5.32 Å². The summed E-state index contributed by atoms with van der Waals surface area (Å²) in [4.78, 5) is 13.7. The molecular weight excluding hydrogens is 176 g/mol. The lowest BCUT2D eigenvalue weighted by Gasteiger charge is -2.45. The van der Waals surface area contributed by atoms with Gasteiger partial charge in [0.05, 0.1) is 0 Å². The van der Waals surface area contributed by atoms with Crippen LogP contribution in [0.2, 0.25) is 0 Å². The molecule has 1 aliphatic rings. The van der Waals surface area contributed by atoms with E-state index in [1.165, 1.54) is 0 Å². The fourth-order valence-electron chi connectivity index (χ4n) is 2.20. The minimum Gasteiger partial charge on any atom is -0.341 e. The summed E-state index contributed by atoms with van der Waals surface area (Å²) >= 11 is 0. The van der Waals surface area contributed by atoms with Gasteiger partial charge in [-0.05, 0) is 25.2 Å². The molecule has 0 aliphatic carbocycles. The quantitative estimate of drug-likeness (QED) is 0.636. The molecule has 14 heavy (non-hydrogen) atoms. The first-order chi connectivity index (χ1) is 6.33. The Morgan fingerprint density at radius 2 is 2.00 bits per heavy atom. The first-order valence-corrected chi connectivity index (χ1v) is 5.32. The van der Waals surface area contributed by atoms with E-state index < -0.39 is 0 Å². The molecule has 0 aromatic rings. The molecule has 1 N–H and O–H groups in total. The minimum absolute atomic E-state index is 0.00685. The van der Waals surface area contributed by atoms with E-state index in [2.05, 4.69) is 33.0 Å². The average Bonchev–Trinajstić information content (AvgIpc) is 2.46. The molecule has 1 heterocycles. The van der Waals surface area contributed by atoms with E-state index in [9.17, 15) is 4.79 Å². The van der Waals surface area contributed by atoms with Crippen LogP contribution in [0.5, 0.6) is 0 Å². The molecule has 2 amide bonds. The maximum atomic E-state index is 11.7. The smallest absolute Gasteiger partial charge is 0.317 e. The van der Waals surface area contributed by atoms with Gasteiger partial charge in [0.25, 0.3) is 0 Å². The highest BCUT2D eigenvalue weighted by atomic mass is 16.2. The predicted octanol–water partition coefficient (Wildman–Crippen LogP) is 2.23. The molecule has 1 saturated heterocycles. The van der Waals surface area contributed by atoms with E-state index in [0.717, 1.165) is 19.4 Å². The van der Waals surface area contributed by atoms with Crippen LogP contribution in [-0.2, 0) is 0 Å². The fraction of sp³-hybridized carbons (Fsp3) is 0.909. The summed E-state index contributed by atoms with van der Waals surface area (Å²) in [5, 5.41) is 2.72. The first-order valence-electron chi connectivity index (χ1n) is 5.32. The van der Waals surface area contributed by atoms with Gasteiger partial charge in [0, 0.05) is 19.1 Å². The number of urea groups is 1. The number of hydrogen-bond donors (Lipinski definition) is 1. The van der Waals surface area contributed by atoms with Gasteiger partial charge in [-0.2, -0.15) is 0 Å². The molecule has 3 heteroatoms. The van der Waals surface area contributed by atoms with Crippen LogP contribution in [-0.4, -0.2) is 30.1 Å². The van der Waals surface area contributed by atoms with Gasteiger partial charge < -0.3 is 10.2 Å². The molecule has 0 saturated carbocycles. The van der Waals surface area contributed by atoms with Gasteiger partial charge in [0.15, 0.2) is 0 Å². The van der Waals surface area contributed by atoms with Crippen molar-refractivity contribution in [3.63, 3.8) is 0 Å². The SMILES string of the molecule is CNC(=O)N1CCCC1(C)C(C)(C)C. The molecule has 0 spiro atoms. The lowest BCUT2D eigenvalue weighted by atomic mass is 9.73. The summed E-state index contributed by atoms with van der Waals surface area (Å²) in [6.45, 7) is 9.68. The highest BCUT2D eigenvalue weighted by molar-refractivity contribution is 5.75. The van der Waals surface area contributed by atoms with Crippen molar-refractivity contribution in [3.8, 4) is 0 Å². The van der Waals surface area contributed by atoms with Gasteiger partial charge in [-0.1, -0.05) is 20.8 Å². The summed E-state index contributed by atoms with van der Waals surface area (Å²) < 4.78 is 0. The number of amides is 2. The van der Waals surface area contributed by atoms with Crippen LogP contribution in [0.4, 0.5) is 4.79 Å². The summed E-state index contributed by atoms with van der Waals surface area (Å²) in [5.41, 5.74) is 0.128. The lowest BCUT2D eigenvalue weighted by Crippen LogP contribution is -2.55. The normalized spacial score (nSPS) is 27.9.